The van der Waals surface area contributed by atoms with Crippen molar-refractivity contribution in [3.05, 3.63) is 86.9 Å². The van der Waals surface area contributed by atoms with Crippen LogP contribution in [0.3, 0.4) is 0 Å². The van der Waals surface area contributed by atoms with Gasteiger partial charge in [-0.2, -0.15) is 0 Å². The first-order valence-electron chi connectivity index (χ1n) is 11.2. The molecule has 0 bridgehead atoms. The first kappa shape index (κ1) is 20.3. The van der Waals surface area contributed by atoms with Gasteiger partial charge < -0.3 is 14.0 Å². The van der Waals surface area contributed by atoms with E-state index in [2.05, 4.69) is 52.2 Å². The van der Waals surface area contributed by atoms with Crippen LogP contribution in [0.1, 0.15) is 38.8 Å². The highest BCUT2D eigenvalue weighted by atomic mass is 32.1. The van der Waals surface area contributed by atoms with E-state index >= 15 is 0 Å². The number of thiophene rings is 1. The minimum absolute atomic E-state index is 0.0611. The number of carbonyl (C=O) groups excluding carboxylic acids is 1. The Kier molecular flexibility index (Phi) is 4.85. The molecule has 0 radical (unpaired) electrons. The quantitative estimate of drug-likeness (QED) is 0.353. The third kappa shape index (κ3) is 3.37. The average molecular weight is 457 g/mol. The summed E-state index contributed by atoms with van der Waals surface area (Å²) in [5.74, 6) is 1.77. The summed E-state index contributed by atoms with van der Waals surface area (Å²) >= 11 is 1.74. The highest BCUT2D eigenvalue weighted by molar-refractivity contribution is 7.09. The van der Waals surface area contributed by atoms with Gasteiger partial charge in [-0.1, -0.05) is 24.3 Å². The number of hydrogen-bond donors (Lipinski definition) is 0. The Labute approximate surface area is 196 Å². The van der Waals surface area contributed by atoms with Crippen molar-refractivity contribution in [1.29, 1.82) is 0 Å². The SMILES string of the molecule is CCn1cc(/C=C2\Oc3c4c(cc(C)c3C2=O)OCN(Cc2cccs2)C4)c2ccccc21. The summed E-state index contributed by atoms with van der Waals surface area (Å²) in [5, 5.41) is 3.20. The fraction of sp³-hybridized carbons (Fsp3) is 0.222. The van der Waals surface area contributed by atoms with Crippen molar-refractivity contribution in [2.75, 3.05) is 6.73 Å². The van der Waals surface area contributed by atoms with E-state index in [9.17, 15) is 4.79 Å². The third-order valence-electron chi connectivity index (χ3n) is 6.39. The molecular weight excluding hydrogens is 432 g/mol. The summed E-state index contributed by atoms with van der Waals surface area (Å²) in [4.78, 5) is 16.9. The van der Waals surface area contributed by atoms with Crippen molar-refractivity contribution in [2.45, 2.75) is 33.5 Å². The molecule has 2 aliphatic rings. The van der Waals surface area contributed by atoms with Crippen molar-refractivity contribution in [1.82, 2.24) is 9.47 Å². The van der Waals surface area contributed by atoms with Gasteiger partial charge in [-0.15, -0.1) is 11.3 Å². The predicted molar refractivity (Wildman–Crippen MR) is 131 cm³/mol. The normalized spacial score (nSPS) is 16.7. The van der Waals surface area contributed by atoms with Crippen molar-refractivity contribution < 1.29 is 14.3 Å². The molecular formula is C27H24N2O3S. The van der Waals surface area contributed by atoms with E-state index in [1.54, 1.807) is 11.3 Å². The largest absolute Gasteiger partial charge is 0.478 e. The lowest BCUT2D eigenvalue weighted by molar-refractivity contribution is 0.0881. The average Bonchev–Trinajstić information content (AvgIpc) is 3.54. The van der Waals surface area contributed by atoms with Gasteiger partial charge >= 0.3 is 0 Å². The molecule has 4 heterocycles. The number of fused-ring (bicyclic) bond motifs is 4. The minimum atomic E-state index is -0.0611. The second-order valence-electron chi connectivity index (χ2n) is 8.54. The molecule has 0 N–H and O–H groups in total. The molecule has 6 rings (SSSR count). The molecule has 2 aromatic carbocycles. The zero-order valence-corrected chi connectivity index (χ0v) is 19.4. The Morgan fingerprint density at radius 3 is 2.88 bits per heavy atom. The molecule has 2 aliphatic heterocycles. The molecule has 33 heavy (non-hydrogen) atoms. The second-order valence-corrected chi connectivity index (χ2v) is 9.57. The van der Waals surface area contributed by atoms with E-state index < -0.39 is 0 Å². The van der Waals surface area contributed by atoms with Crippen LogP contribution in [-0.4, -0.2) is 22.0 Å². The molecule has 2 aromatic heterocycles. The minimum Gasteiger partial charge on any atom is -0.478 e. The number of nitrogens with zero attached hydrogens (tertiary/aromatic N) is 2. The van der Waals surface area contributed by atoms with Gasteiger partial charge in [0.2, 0.25) is 5.78 Å². The zero-order chi connectivity index (χ0) is 22.5. The Morgan fingerprint density at radius 1 is 1.18 bits per heavy atom. The summed E-state index contributed by atoms with van der Waals surface area (Å²) < 4.78 is 14.5. The van der Waals surface area contributed by atoms with Crippen LogP contribution in [0.15, 0.2) is 59.8 Å². The number of rotatable bonds is 4. The lowest BCUT2D eigenvalue weighted by Gasteiger charge is -2.29. The first-order chi connectivity index (χ1) is 16.1. The van der Waals surface area contributed by atoms with Crippen LogP contribution in [0.25, 0.3) is 17.0 Å². The van der Waals surface area contributed by atoms with Crippen LogP contribution in [-0.2, 0) is 19.6 Å². The summed E-state index contributed by atoms with van der Waals surface area (Å²) in [7, 11) is 0. The molecule has 4 aromatic rings. The highest BCUT2D eigenvalue weighted by Gasteiger charge is 2.35. The number of aryl methyl sites for hydroxylation is 2. The van der Waals surface area contributed by atoms with E-state index in [0.29, 0.717) is 30.3 Å². The molecule has 0 fully saturated rings. The molecule has 0 aliphatic carbocycles. The lowest BCUT2D eigenvalue weighted by atomic mass is 9.98. The molecule has 0 saturated carbocycles. The number of Topliss-reactive ketones (excluding diaryl/α,β-unsaturated/α-hetero) is 1. The van der Waals surface area contributed by atoms with Gasteiger partial charge in [-0.25, -0.2) is 0 Å². The van der Waals surface area contributed by atoms with E-state index in [1.165, 1.54) is 4.88 Å². The summed E-state index contributed by atoms with van der Waals surface area (Å²) in [6.45, 7) is 6.96. The molecule has 5 nitrogen and oxygen atoms in total. The molecule has 166 valence electrons. The van der Waals surface area contributed by atoms with Gasteiger partial charge in [0, 0.05) is 47.2 Å². The number of ether oxygens (including phenoxy) is 2. The first-order valence-corrected chi connectivity index (χ1v) is 12.1. The van der Waals surface area contributed by atoms with Crippen LogP contribution in [0.4, 0.5) is 0 Å². The predicted octanol–water partition coefficient (Wildman–Crippen LogP) is 6.00. The van der Waals surface area contributed by atoms with E-state index in [4.69, 9.17) is 9.47 Å². The van der Waals surface area contributed by atoms with E-state index in [-0.39, 0.29) is 5.78 Å². The molecule has 0 atom stereocenters. The number of carbonyl (C=O) groups is 1. The maximum absolute atomic E-state index is 13.4. The number of allylic oxidation sites excluding steroid dienone is 1. The summed E-state index contributed by atoms with van der Waals surface area (Å²) in [5.41, 5.74) is 4.64. The van der Waals surface area contributed by atoms with Crippen molar-refractivity contribution >= 4 is 34.1 Å². The Balaban J connectivity index is 1.38. The van der Waals surface area contributed by atoms with Gasteiger partial charge in [-0.3, -0.25) is 9.69 Å². The van der Waals surface area contributed by atoms with Gasteiger partial charge in [0.05, 0.1) is 11.1 Å². The standard InChI is InChI=1S/C27H24N2O3S/c1-3-29-13-18(20-8-4-5-9-22(20)29)12-24-26(30)25-17(2)11-23-21(27(25)32-24)15-28(16-31-23)14-19-7-6-10-33-19/h4-13H,3,14-16H2,1-2H3/b24-12-. The van der Waals surface area contributed by atoms with Crippen molar-refractivity contribution in [3.63, 3.8) is 0 Å². The Bertz CT molecular complexity index is 1420. The fourth-order valence-electron chi connectivity index (χ4n) is 4.79. The Hall–Kier alpha value is -3.35. The van der Waals surface area contributed by atoms with E-state index in [1.807, 2.05) is 31.2 Å². The van der Waals surface area contributed by atoms with Crippen LogP contribution >= 0.6 is 11.3 Å². The molecule has 0 unspecified atom stereocenters. The van der Waals surface area contributed by atoms with Crippen molar-refractivity contribution in [2.24, 2.45) is 0 Å². The number of ketones is 1. The lowest BCUT2D eigenvalue weighted by Crippen LogP contribution is -2.31. The monoisotopic (exact) mass is 456 g/mol. The number of benzene rings is 2. The second kappa shape index (κ2) is 7.90. The van der Waals surface area contributed by atoms with Gasteiger partial charge in [0.1, 0.15) is 18.2 Å². The van der Waals surface area contributed by atoms with Crippen LogP contribution < -0.4 is 9.47 Å². The highest BCUT2D eigenvalue weighted by Crippen LogP contribution is 2.44. The van der Waals surface area contributed by atoms with Crippen LogP contribution in [0.5, 0.6) is 11.5 Å². The van der Waals surface area contributed by atoms with E-state index in [0.717, 1.165) is 46.4 Å². The zero-order valence-electron chi connectivity index (χ0n) is 18.6. The van der Waals surface area contributed by atoms with Crippen LogP contribution in [0.2, 0.25) is 0 Å². The number of aromatic nitrogens is 1. The fourth-order valence-corrected chi connectivity index (χ4v) is 5.54. The maximum Gasteiger partial charge on any atom is 0.232 e. The Morgan fingerprint density at radius 2 is 2.06 bits per heavy atom. The van der Waals surface area contributed by atoms with Crippen molar-refractivity contribution in [3.8, 4) is 11.5 Å². The molecule has 0 spiro atoms. The summed E-state index contributed by atoms with van der Waals surface area (Å²) in [6.07, 6.45) is 3.97. The molecule has 0 amide bonds. The smallest absolute Gasteiger partial charge is 0.232 e. The third-order valence-corrected chi connectivity index (χ3v) is 7.26. The number of para-hydroxylation sites is 1. The van der Waals surface area contributed by atoms with Crippen LogP contribution in [0, 0.1) is 6.92 Å². The number of hydrogen-bond acceptors (Lipinski definition) is 5. The topological polar surface area (TPSA) is 43.7 Å². The summed E-state index contributed by atoms with van der Waals surface area (Å²) in [6, 6.07) is 14.4. The molecule has 0 saturated heterocycles. The maximum atomic E-state index is 13.4. The van der Waals surface area contributed by atoms with Gasteiger partial charge in [0.25, 0.3) is 0 Å². The van der Waals surface area contributed by atoms with Gasteiger partial charge in [-0.05, 0) is 49.1 Å². The molecule has 6 heteroatoms. The van der Waals surface area contributed by atoms with Gasteiger partial charge in [0.15, 0.2) is 5.76 Å².